The lowest BCUT2D eigenvalue weighted by molar-refractivity contribution is 0.102. The highest BCUT2D eigenvalue weighted by molar-refractivity contribution is 9.10. The molecule has 0 spiro atoms. The summed E-state index contributed by atoms with van der Waals surface area (Å²) < 4.78 is 32.9. The Bertz CT molecular complexity index is 1180. The maximum Gasteiger partial charge on any atom is 0.263 e. The molecule has 3 rings (SSSR count). The molecule has 3 aromatic rings. The SMILES string of the molecule is Cc1cc(NS(=O)(=O)c2ccc(NC(=O)c3ccc(C(C)(C)C)c(Br)c3)cc2)no1. The second-order valence-corrected chi connectivity index (χ2v) is 10.4. The van der Waals surface area contributed by atoms with Crippen LogP contribution in [0, 0.1) is 6.92 Å². The van der Waals surface area contributed by atoms with Crippen LogP contribution >= 0.6 is 15.9 Å². The summed E-state index contributed by atoms with van der Waals surface area (Å²) in [6.45, 7) is 7.96. The number of carbonyl (C=O) groups excluding carboxylic acids is 1. The normalized spacial score (nSPS) is 11.9. The monoisotopic (exact) mass is 491 g/mol. The fraction of sp³-hybridized carbons (Fsp3) is 0.238. The zero-order valence-electron chi connectivity index (χ0n) is 17.0. The van der Waals surface area contributed by atoms with Gasteiger partial charge in [-0.25, -0.2) is 8.42 Å². The van der Waals surface area contributed by atoms with Gasteiger partial charge >= 0.3 is 0 Å². The highest BCUT2D eigenvalue weighted by Gasteiger charge is 2.19. The van der Waals surface area contributed by atoms with Gasteiger partial charge in [-0.3, -0.25) is 9.52 Å². The minimum Gasteiger partial charge on any atom is -0.360 e. The first-order valence-corrected chi connectivity index (χ1v) is 11.4. The van der Waals surface area contributed by atoms with Crippen molar-refractivity contribution in [3.63, 3.8) is 0 Å². The van der Waals surface area contributed by atoms with Crippen molar-refractivity contribution in [1.82, 2.24) is 5.16 Å². The smallest absolute Gasteiger partial charge is 0.263 e. The van der Waals surface area contributed by atoms with Crippen LogP contribution in [0.2, 0.25) is 0 Å². The molecule has 2 aromatic carbocycles. The van der Waals surface area contributed by atoms with Gasteiger partial charge < -0.3 is 9.84 Å². The zero-order chi connectivity index (χ0) is 22.1. The van der Waals surface area contributed by atoms with E-state index < -0.39 is 10.0 Å². The van der Waals surface area contributed by atoms with E-state index in [1.165, 1.54) is 30.3 Å². The van der Waals surface area contributed by atoms with Crippen LogP contribution in [0.3, 0.4) is 0 Å². The molecule has 0 aliphatic rings. The van der Waals surface area contributed by atoms with Crippen LogP contribution in [0.15, 0.2) is 62.4 Å². The number of sulfonamides is 1. The van der Waals surface area contributed by atoms with Gasteiger partial charge in [-0.1, -0.05) is 47.9 Å². The molecular formula is C21H22BrN3O4S. The molecule has 158 valence electrons. The molecule has 1 aromatic heterocycles. The van der Waals surface area contributed by atoms with Crippen molar-refractivity contribution in [2.45, 2.75) is 38.0 Å². The van der Waals surface area contributed by atoms with Gasteiger partial charge in [0.05, 0.1) is 4.90 Å². The van der Waals surface area contributed by atoms with Crippen molar-refractivity contribution in [3.8, 4) is 0 Å². The zero-order valence-corrected chi connectivity index (χ0v) is 19.4. The Balaban J connectivity index is 1.72. The van der Waals surface area contributed by atoms with Crippen molar-refractivity contribution >= 4 is 43.4 Å². The summed E-state index contributed by atoms with van der Waals surface area (Å²) in [5.74, 6) is 0.310. The van der Waals surface area contributed by atoms with Gasteiger partial charge in [0.2, 0.25) is 0 Å². The molecular weight excluding hydrogens is 470 g/mol. The number of aromatic nitrogens is 1. The summed E-state index contributed by atoms with van der Waals surface area (Å²) in [4.78, 5) is 12.6. The van der Waals surface area contributed by atoms with E-state index in [1.54, 1.807) is 19.1 Å². The number of halogens is 1. The molecule has 1 heterocycles. The molecule has 0 bridgehead atoms. The highest BCUT2D eigenvalue weighted by atomic mass is 79.9. The van der Waals surface area contributed by atoms with E-state index in [0.29, 0.717) is 17.0 Å². The third kappa shape index (κ3) is 5.09. The molecule has 0 fully saturated rings. The molecule has 0 aliphatic carbocycles. The lowest BCUT2D eigenvalue weighted by Crippen LogP contribution is -2.16. The van der Waals surface area contributed by atoms with Crippen molar-refractivity contribution in [1.29, 1.82) is 0 Å². The fourth-order valence-electron chi connectivity index (χ4n) is 2.80. The van der Waals surface area contributed by atoms with Crippen LogP contribution in [0.25, 0.3) is 0 Å². The van der Waals surface area contributed by atoms with Crippen LogP contribution in [0.5, 0.6) is 0 Å². The van der Waals surface area contributed by atoms with E-state index in [1.807, 2.05) is 6.07 Å². The third-order valence-corrected chi connectivity index (χ3v) is 6.36. The van der Waals surface area contributed by atoms with E-state index in [-0.39, 0.29) is 22.0 Å². The van der Waals surface area contributed by atoms with E-state index in [2.05, 4.69) is 51.9 Å². The second kappa shape index (κ2) is 8.23. The number of anilines is 2. The molecule has 1 amide bonds. The van der Waals surface area contributed by atoms with Crippen molar-refractivity contribution in [2.75, 3.05) is 10.0 Å². The van der Waals surface area contributed by atoms with Gasteiger partial charge in [-0.2, -0.15) is 0 Å². The minimum absolute atomic E-state index is 0.0402. The Morgan fingerprint density at radius 1 is 1.07 bits per heavy atom. The van der Waals surface area contributed by atoms with Gasteiger partial charge in [-0.15, -0.1) is 0 Å². The Kier molecular flexibility index (Phi) is 6.05. The number of hydrogen-bond acceptors (Lipinski definition) is 5. The Labute approximate surface area is 184 Å². The average Bonchev–Trinajstić information content (AvgIpc) is 3.05. The maximum atomic E-state index is 12.6. The predicted octanol–water partition coefficient (Wildman–Crippen LogP) is 5.10. The van der Waals surface area contributed by atoms with E-state index in [4.69, 9.17) is 4.52 Å². The van der Waals surface area contributed by atoms with Crippen molar-refractivity contribution in [3.05, 3.63) is 69.9 Å². The Morgan fingerprint density at radius 3 is 2.27 bits per heavy atom. The molecule has 9 heteroatoms. The van der Waals surface area contributed by atoms with Crippen molar-refractivity contribution < 1.29 is 17.7 Å². The third-order valence-electron chi connectivity index (χ3n) is 4.33. The average molecular weight is 492 g/mol. The lowest BCUT2D eigenvalue weighted by atomic mass is 9.86. The quantitative estimate of drug-likeness (QED) is 0.516. The van der Waals surface area contributed by atoms with Crippen molar-refractivity contribution in [2.24, 2.45) is 0 Å². The molecule has 0 unspecified atom stereocenters. The van der Waals surface area contributed by atoms with Gasteiger partial charge in [0.1, 0.15) is 5.76 Å². The summed E-state index contributed by atoms with van der Waals surface area (Å²) >= 11 is 3.53. The highest BCUT2D eigenvalue weighted by Crippen LogP contribution is 2.30. The summed E-state index contributed by atoms with van der Waals surface area (Å²) in [6.07, 6.45) is 0. The summed E-state index contributed by atoms with van der Waals surface area (Å²) in [5.41, 5.74) is 2.03. The second-order valence-electron chi connectivity index (χ2n) is 7.85. The maximum absolute atomic E-state index is 12.6. The van der Waals surface area contributed by atoms with Crippen LogP contribution in [-0.2, 0) is 15.4 Å². The Morgan fingerprint density at radius 2 is 1.73 bits per heavy atom. The predicted molar refractivity (Wildman–Crippen MR) is 119 cm³/mol. The van der Waals surface area contributed by atoms with Crippen LogP contribution in [0.4, 0.5) is 11.5 Å². The molecule has 0 atom stereocenters. The first kappa shape index (κ1) is 22.0. The molecule has 7 nitrogen and oxygen atoms in total. The number of carbonyl (C=O) groups is 1. The number of hydrogen-bond donors (Lipinski definition) is 2. The van der Waals surface area contributed by atoms with Gasteiger partial charge in [-0.05, 0) is 54.3 Å². The van der Waals surface area contributed by atoms with Crippen LogP contribution < -0.4 is 10.0 Å². The topological polar surface area (TPSA) is 101 Å². The number of amides is 1. The first-order valence-electron chi connectivity index (χ1n) is 9.13. The molecule has 2 N–H and O–H groups in total. The first-order chi connectivity index (χ1) is 14.0. The Hall–Kier alpha value is -2.65. The summed E-state index contributed by atoms with van der Waals surface area (Å²) in [5, 5.41) is 6.39. The fourth-order valence-corrected chi connectivity index (χ4v) is 4.75. The van der Waals surface area contributed by atoms with E-state index in [9.17, 15) is 13.2 Å². The summed E-state index contributed by atoms with van der Waals surface area (Å²) in [7, 11) is -3.81. The van der Waals surface area contributed by atoms with Gasteiger partial charge in [0.15, 0.2) is 5.82 Å². The van der Waals surface area contributed by atoms with Crippen LogP contribution in [-0.4, -0.2) is 19.5 Å². The largest absolute Gasteiger partial charge is 0.360 e. The van der Waals surface area contributed by atoms with E-state index in [0.717, 1.165) is 10.0 Å². The van der Waals surface area contributed by atoms with E-state index >= 15 is 0 Å². The molecule has 0 aliphatic heterocycles. The summed E-state index contributed by atoms with van der Waals surface area (Å²) in [6, 6.07) is 12.8. The minimum atomic E-state index is -3.81. The van der Waals surface area contributed by atoms with Gasteiger partial charge in [0.25, 0.3) is 15.9 Å². The standard InChI is InChI=1S/C21H22BrN3O4S/c1-13-11-19(24-29-13)25-30(27,28)16-8-6-15(7-9-16)23-20(26)14-5-10-17(18(22)12-14)21(2,3)4/h5-12H,1-4H3,(H,23,26)(H,24,25). The number of nitrogens with zero attached hydrogens (tertiary/aromatic N) is 1. The molecule has 0 saturated heterocycles. The van der Waals surface area contributed by atoms with Gasteiger partial charge in [0, 0.05) is 21.8 Å². The number of benzene rings is 2. The lowest BCUT2D eigenvalue weighted by Gasteiger charge is -2.21. The van der Waals surface area contributed by atoms with Crippen LogP contribution in [0.1, 0.15) is 42.5 Å². The number of nitrogens with one attached hydrogen (secondary N) is 2. The number of rotatable bonds is 5. The molecule has 0 saturated carbocycles. The number of aryl methyl sites for hydroxylation is 1. The molecule has 30 heavy (non-hydrogen) atoms. The molecule has 0 radical (unpaired) electrons.